The van der Waals surface area contributed by atoms with Crippen LogP contribution in [0.5, 0.6) is 0 Å². The SMILES string of the molecule is C=CC(C)C(C)CCCC(=O)O. The quantitative estimate of drug-likeness (QED) is 0.622. The van der Waals surface area contributed by atoms with Crippen LogP contribution in [0.15, 0.2) is 12.7 Å². The van der Waals surface area contributed by atoms with Gasteiger partial charge in [-0.05, 0) is 24.7 Å². The van der Waals surface area contributed by atoms with Crippen LogP contribution in [0, 0.1) is 11.8 Å². The average molecular weight is 170 g/mol. The highest BCUT2D eigenvalue weighted by Gasteiger charge is 2.08. The van der Waals surface area contributed by atoms with Crippen LogP contribution >= 0.6 is 0 Å². The van der Waals surface area contributed by atoms with Gasteiger partial charge in [-0.3, -0.25) is 4.79 Å². The van der Waals surface area contributed by atoms with Gasteiger partial charge in [0.25, 0.3) is 0 Å². The molecule has 0 aromatic carbocycles. The molecule has 0 aromatic rings. The van der Waals surface area contributed by atoms with Crippen molar-refractivity contribution in [2.24, 2.45) is 11.8 Å². The second-order valence-corrected chi connectivity index (χ2v) is 3.36. The third kappa shape index (κ3) is 4.94. The third-order valence-electron chi connectivity index (χ3n) is 2.32. The van der Waals surface area contributed by atoms with Crippen LogP contribution in [-0.4, -0.2) is 11.1 Å². The van der Waals surface area contributed by atoms with Gasteiger partial charge in [-0.15, -0.1) is 6.58 Å². The highest BCUT2D eigenvalue weighted by Crippen LogP contribution is 2.18. The van der Waals surface area contributed by atoms with Crippen LogP contribution in [0.1, 0.15) is 33.1 Å². The summed E-state index contributed by atoms with van der Waals surface area (Å²) >= 11 is 0. The molecule has 2 unspecified atom stereocenters. The summed E-state index contributed by atoms with van der Waals surface area (Å²) in [5.41, 5.74) is 0. The summed E-state index contributed by atoms with van der Waals surface area (Å²) in [5, 5.41) is 8.40. The van der Waals surface area contributed by atoms with Crippen molar-refractivity contribution in [3.8, 4) is 0 Å². The molecule has 0 heterocycles. The number of carbonyl (C=O) groups is 1. The van der Waals surface area contributed by atoms with E-state index in [1.807, 2.05) is 6.08 Å². The van der Waals surface area contributed by atoms with Gasteiger partial charge in [0.1, 0.15) is 0 Å². The Morgan fingerprint density at radius 3 is 2.58 bits per heavy atom. The van der Waals surface area contributed by atoms with Crippen LogP contribution in [-0.2, 0) is 4.79 Å². The predicted octanol–water partition coefficient (Wildman–Crippen LogP) is 2.70. The van der Waals surface area contributed by atoms with Gasteiger partial charge in [-0.25, -0.2) is 0 Å². The largest absolute Gasteiger partial charge is 0.481 e. The Bertz CT molecular complexity index is 152. The molecule has 0 fully saturated rings. The van der Waals surface area contributed by atoms with Gasteiger partial charge in [-0.1, -0.05) is 19.9 Å². The molecule has 0 aliphatic carbocycles. The molecule has 0 aromatic heterocycles. The van der Waals surface area contributed by atoms with Crippen LogP contribution in [0.2, 0.25) is 0 Å². The second-order valence-electron chi connectivity index (χ2n) is 3.36. The fraction of sp³-hybridized carbons (Fsp3) is 0.700. The van der Waals surface area contributed by atoms with Gasteiger partial charge in [0.2, 0.25) is 0 Å². The van der Waals surface area contributed by atoms with E-state index in [1.165, 1.54) is 0 Å². The molecule has 0 aliphatic heterocycles. The minimum Gasteiger partial charge on any atom is -0.481 e. The number of hydrogen-bond acceptors (Lipinski definition) is 1. The Kier molecular flexibility index (Phi) is 5.43. The smallest absolute Gasteiger partial charge is 0.303 e. The van der Waals surface area contributed by atoms with E-state index in [9.17, 15) is 4.79 Å². The van der Waals surface area contributed by atoms with E-state index in [0.717, 1.165) is 12.8 Å². The Labute approximate surface area is 74.3 Å². The molecule has 12 heavy (non-hydrogen) atoms. The number of aliphatic carboxylic acids is 1. The lowest BCUT2D eigenvalue weighted by molar-refractivity contribution is -0.137. The maximum atomic E-state index is 10.2. The van der Waals surface area contributed by atoms with Gasteiger partial charge in [0.05, 0.1) is 0 Å². The van der Waals surface area contributed by atoms with Crippen LogP contribution in [0.3, 0.4) is 0 Å². The molecule has 0 rings (SSSR count). The Balaban J connectivity index is 3.49. The number of carboxylic acid groups (broad SMARTS) is 1. The molecule has 1 N–H and O–H groups in total. The first-order chi connectivity index (χ1) is 5.57. The maximum absolute atomic E-state index is 10.2. The van der Waals surface area contributed by atoms with Crippen molar-refractivity contribution in [1.82, 2.24) is 0 Å². The summed E-state index contributed by atoms with van der Waals surface area (Å²) in [4.78, 5) is 10.2. The van der Waals surface area contributed by atoms with Crippen molar-refractivity contribution >= 4 is 5.97 Å². The topological polar surface area (TPSA) is 37.3 Å². The van der Waals surface area contributed by atoms with E-state index >= 15 is 0 Å². The first-order valence-electron chi connectivity index (χ1n) is 4.42. The average Bonchev–Trinajstić information content (AvgIpc) is 2.02. The molecule has 0 saturated carbocycles. The Morgan fingerprint density at radius 2 is 2.17 bits per heavy atom. The normalized spacial score (nSPS) is 15.2. The van der Waals surface area contributed by atoms with Crippen LogP contribution in [0.25, 0.3) is 0 Å². The molecular formula is C10H18O2. The zero-order valence-corrected chi connectivity index (χ0v) is 7.92. The van der Waals surface area contributed by atoms with Crippen molar-refractivity contribution < 1.29 is 9.90 Å². The van der Waals surface area contributed by atoms with Gasteiger partial charge in [-0.2, -0.15) is 0 Å². The van der Waals surface area contributed by atoms with E-state index in [1.54, 1.807) is 0 Å². The summed E-state index contributed by atoms with van der Waals surface area (Å²) in [6.07, 6.45) is 3.95. The van der Waals surface area contributed by atoms with E-state index in [-0.39, 0.29) is 6.42 Å². The highest BCUT2D eigenvalue weighted by atomic mass is 16.4. The zero-order chi connectivity index (χ0) is 9.56. The number of carboxylic acids is 1. The molecule has 0 amide bonds. The van der Waals surface area contributed by atoms with Gasteiger partial charge in [0, 0.05) is 6.42 Å². The summed E-state index contributed by atoms with van der Waals surface area (Å²) in [6, 6.07) is 0. The fourth-order valence-electron chi connectivity index (χ4n) is 1.07. The molecule has 0 aliphatic rings. The molecule has 2 nitrogen and oxygen atoms in total. The summed E-state index contributed by atoms with van der Waals surface area (Å²) in [5.74, 6) is 0.328. The number of hydrogen-bond donors (Lipinski definition) is 1. The molecule has 70 valence electrons. The second kappa shape index (κ2) is 5.81. The fourth-order valence-corrected chi connectivity index (χ4v) is 1.07. The summed E-state index contributed by atoms with van der Waals surface area (Å²) < 4.78 is 0. The lowest BCUT2D eigenvalue weighted by atomic mass is 9.91. The number of rotatable bonds is 6. The van der Waals surface area contributed by atoms with E-state index in [2.05, 4.69) is 20.4 Å². The van der Waals surface area contributed by atoms with Crippen molar-refractivity contribution in [1.29, 1.82) is 0 Å². The van der Waals surface area contributed by atoms with Crippen LogP contribution < -0.4 is 0 Å². The molecule has 2 atom stereocenters. The minimum absolute atomic E-state index is 0.286. The van der Waals surface area contributed by atoms with E-state index in [0.29, 0.717) is 11.8 Å². The molecule has 0 radical (unpaired) electrons. The van der Waals surface area contributed by atoms with Crippen molar-refractivity contribution in [2.75, 3.05) is 0 Å². The van der Waals surface area contributed by atoms with Crippen molar-refractivity contribution in [3.05, 3.63) is 12.7 Å². The third-order valence-corrected chi connectivity index (χ3v) is 2.32. The molecule has 0 bridgehead atoms. The zero-order valence-electron chi connectivity index (χ0n) is 7.92. The first-order valence-corrected chi connectivity index (χ1v) is 4.42. The molecule has 0 saturated heterocycles. The number of allylic oxidation sites excluding steroid dienone is 1. The molecular weight excluding hydrogens is 152 g/mol. The Morgan fingerprint density at radius 1 is 1.58 bits per heavy atom. The van der Waals surface area contributed by atoms with Crippen LogP contribution in [0.4, 0.5) is 0 Å². The maximum Gasteiger partial charge on any atom is 0.303 e. The first kappa shape index (κ1) is 11.2. The van der Waals surface area contributed by atoms with E-state index < -0.39 is 5.97 Å². The standard InChI is InChI=1S/C10H18O2/c1-4-8(2)9(3)6-5-7-10(11)12/h4,8-9H,1,5-7H2,2-3H3,(H,11,12). The molecule has 2 heteroatoms. The summed E-state index contributed by atoms with van der Waals surface area (Å²) in [6.45, 7) is 7.95. The van der Waals surface area contributed by atoms with Gasteiger partial charge >= 0.3 is 5.97 Å². The lowest BCUT2D eigenvalue weighted by Crippen LogP contribution is -2.06. The highest BCUT2D eigenvalue weighted by molar-refractivity contribution is 5.66. The Hall–Kier alpha value is -0.790. The summed E-state index contributed by atoms with van der Waals surface area (Å²) in [7, 11) is 0. The molecule has 0 spiro atoms. The van der Waals surface area contributed by atoms with E-state index in [4.69, 9.17) is 5.11 Å². The minimum atomic E-state index is -0.701. The van der Waals surface area contributed by atoms with Gasteiger partial charge < -0.3 is 5.11 Å². The predicted molar refractivity (Wildman–Crippen MR) is 50.0 cm³/mol. The monoisotopic (exact) mass is 170 g/mol. The lowest BCUT2D eigenvalue weighted by Gasteiger charge is -2.14. The van der Waals surface area contributed by atoms with Gasteiger partial charge in [0.15, 0.2) is 0 Å². The van der Waals surface area contributed by atoms with Crippen molar-refractivity contribution in [2.45, 2.75) is 33.1 Å². The van der Waals surface area contributed by atoms with Crippen molar-refractivity contribution in [3.63, 3.8) is 0 Å².